The van der Waals surface area contributed by atoms with Gasteiger partial charge in [0.1, 0.15) is 12.0 Å². The zero-order valence-electron chi connectivity index (χ0n) is 16.5. The summed E-state index contributed by atoms with van der Waals surface area (Å²) in [5.74, 6) is -0.698. The number of amides is 1. The van der Waals surface area contributed by atoms with Gasteiger partial charge in [0, 0.05) is 37.8 Å². The van der Waals surface area contributed by atoms with E-state index < -0.39 is 0 Å². The summed E-state index contributed by atoms with van der Waals surface area (Å²) in [6.45, 7) is 3.47. The molecular weight excluding hydrogens is 414 g/mol. The van der Waals surface area contributed by atoms with E-state index in [9.17, 15) is 9.59 Å². The number of piperazine rings is 1. The zero-order chi connectivity index (χ0) is 21.2. The molecule has 0 unspecified atom stereocenters. The fourth-order valence-electron chi connectivity index (χ4n) is 3.56. The smallest absolute Gasteiger partial charge is 0.284 e. The van der Waals surface area contributed by atoms with Crippen LogP contribution in [0.5, 0.6) is 0 Å². The molecule has 0 atom stereocenters. The average molecular weight is 433 g/mol. The van der Waals surface area contributed by atoms with Crippen LogP contribution in [0, 0.1) is 0 Å². The van der Waals surface area contributed by atoms with Gasteiger partial charge in [-0.25, -0.2) is 9.97 Å². The third kappa shape index (κ3) is 3.78. The predicted octanol–water partition coefficient (Wildman–Crippen LogP) is 2.24. The molecule has 4 aromatic rings. The van der Waals surface area contributed by atoms with E-state index in [4.69, 9.17) is 0 Å². The fourth-order valence-corrected chi connectivity index (χ4v) is 4.25. The van der Waals surface area contributed by atoms with Gasteiger partial charge in [0.15, 0.2) is 5.01 Å². The lowest BCUT2D eigenvalue weighted by Gasteiger charge is -2.30. The number of benzene rings is 1. The highest BCUT2D eigenvalue weighted by Gasteiger charge is 2.21. The Labute approximate surface area is 181 Å². The summed E-state index contributed by atoms with van der Waals surface area (Å²) in [4.78, 5) is 40.6. The first kappa shape index (κ1) is 19.3. The second kappa shape index (κ2) is 8.25. The Hall–Kier alpha value is -3.63. The third-order valence-electron chi connectivity index (χ3n) is 5.09. The molecule has 156 valence electrons. The third-order valence-corrected chi connectivity index (χ3v) is 5.93. The van der Waals surface area contributed by atoms with Gasteiger partial charge in [-0.2, -0.15) is 0 Å². The van der Waals surface area contributed by atoms with Crippen molar-refractivity contribution in [2.24, 2.45) is 0 Å². The monoisotopic (exact) mass is 433 g/mol. The van der Waals surface area contributed by atoms with E-state index in [0.29, 0.717) is 11.2 Å². The largest absolute Gasteiger partial charge is 0.367 e. The Balaban J connectivity index is 1.36. The Morgan fingerprint density at radius 1 is 1.13 bits per heavy atom. The van der Waals surface area contributed by atoms with Crippen LogP contribution in [0.4, 0.5) is 11.4 Å². The number of rotatable bonds is 4. The second-order valence-electron chi connectivity index (χ2n) is 7.03. The maximum atomic E-state index is 12.9. The van der Waals surface area contributed by atoms with Gasteiger partial charge in [0.25, 0.3) is 11.8 Å². The van der Waals surface area contributed by atoms with Crippen LogP contribution in [0.1, 0.15) is 20.3 Å². The van der Waals surface area contributed by atoms with Gasteiger partial charge in [-0.15, -0.1) is 11.3 Å². The van der Waals surface area contributed by atoms with Crippen molar-refractivity contribution in [3.63, 3.8) is 0 Å². The van der Waals surface area contributed by atoms with Crippen LogP contribution >= 0.6 is 11.3 Å². The fraction of sp³-hybridized carbons (Fsp3) is 0.190. The van der Waals surface area contributed by atoms with Crippen LogP contribution < -0.4 is 15.5 Å². The Kier molecular flexibility index (Phi) is 5.14. The topological polar surface area (TPSA) is 105 Å². The SMILES string of the molecule is O=C(Nc1cnccc1N1CCNCC1)c1nc(C(=O)n2cnc3ccccc32)cs1. The van der Waals surface area contributed by atoms with Crippen molar-refractivity contribution in [2.75, 3.05) is 36.4 Å². The van der Waals surface area contributed by atoms with Gasteiger partial charge < -0.3 is 15.5 Å². The molecule has 5 rings (SSSR count). The van der Waals surface area contributed by atoms with Crippen LogP contribution in [0.15, 0.2) is 54.4 Å². The van der Waals surface area contributed by atoms with Gasteiger partial charge in [0.05, 0.1) is 28.6 Å². The van der Waals surface area contributed by atoms with Crippen molar-refractivity contribution in [1.82, 2.24) is 24.8 Å². The molecule has 4 heterocycles. The Bertz CT molecular complexity index is 1260. The molecule has 1 aliphatic rings. The first-order valence-electron chi connectivity index (χ1n) is 9.84. The van der Waals surface area contributed by atoms with Crippen molar-refractivity contribution >= 4 is 45.6 Å². The number of hydrogen-bond donors (Lipinski definition) is 2. The number of fused-ring (bicyclic) bond motifs is 1. The van der Waals surface area contributed by atoms with E-state index in [1.807, 2.05) is 30.3 Å². The van der Waals surface area contributed by atoms with Crippen LogP contribution in [0.3, 0.4) is 0 Å². The number of hydrogen-bond acceptors (Lipinski definition) is 8. The van der Waals surface area contributed by atoms with E-state index in [1.54, 1.807) is 17.8 Å². The number of pyridine rings is 1. The highest BCUT2D eigenvalue weighted by Crippen LogP contribution is 2.26. The number of aromatic nitrogens is 4. The number of carbonyl (C=O) groups is 2. The van der Waals surface area contributed by atoms with Crippen LogP contribution in [0.25, 0.3) is 11.0 Å². The van der Waals surface area contributed by atoms with Gasteiger partial charge in [-0.1, -0.05) is 12.1 Å². The van der Waals surface area contributed by atoms with Crippen molar-refractivity contribution in [2.45, 2.75) is 0 Å². The van der Waals surface area contributed by atoms with Crippen molar-refractivity contribution < 1.29 is 9.59 Å². The van der Waals surface area contributed by atoms with Crippen LogP contribution in [-0.4, -0.2) is 57.5 Å². The number of nitrogens with zero attached hydrogens (tertiary/aromatic N) is 5. The van der Waals surface area contributed by atoms with Crippen LogP contribution in [-0.2, 0) is 0 Å². The zero-order valence-corrected chi connectivity index (χ0v) is 17.3. The number of nitrogens with one attached hydrogen (secondary N) is 2. The molecule has 1 fully saturated rings. The number of para-hydroxylation sites is 2. The summed E-state index contributed by atoms with van der Waals surface area (Å²) >= 11 is 1.13. The normalized spacial score (nSPS) is 14.0. The van der Waals surface area contributed by atoms with Crippen molar-refractivity contribution in [1.29, 1.82) is 0 Å². The quantitative estimate of drug-likeness (QED) is 0.508. The molecule has 1 aromatic carbocycles. The summed E-state index contributed by atoms with van der Waals surface area (Å²) in [7, 11) is 0. The van der Waals surface area contributed by atoms with Gasteiger partial charge in [0.2, 0.25) is 0 Å². The van der Waals surface area contributed by atoms with E-state index in [2.05, 4.69) is 30.5 Å². The first-order chi connectivity index (χ1) is 15.2. The number of carbonyl (C=O) groups excluding carboxylic acids is 2. The van der Waals surface area contributed by atoms with Crippen molar-refractivity contribution in [3.05, 3.63) is 65.1 Å². The molecule has 9 nitrogen and oxygen atoms in total. The van der Waals surface area contributed by atoms with Crippen LogP contribution in [0.2, 0.25) is 0 Å². The molecule has 0 spiro atoms. The minimum atomic E-state index is -0.371. The molecule has 2 N–H and O–H groups in total. The molecule has 0 bridgehead atoms. The highest BCUT2D eigenvalue weighted by molar-refractivity contribution is 7.12. The first-order valence-corrected chi connectivity index (χ1v) is 10.7. The molecule has 0 radical (unpaired) electrons. The van der Waals surface area contributed by atoms with Gasteiger partial charge in [-0.3, -0.25) is 19.1 Å². The Morgan fingerprint density at radius 3 is 2.84 bits per heavy atom. The highest BCUT2D eigenvalue weighted by atomic mass is 32.1. The lowest BCUT2D eigenvalue weighted by atomic mass is 10.2. The summed E-state index contributed by atoms with van der Waals surface area (Å²) in [5, 5.41) is 8.01. The molecular formula is C21H19N7O2S. The van der Waals surface area contributed by atoms with Gasteiger partial charge in [-0.05, 0) is 18.2 Å². The molecule has 3 aromatic heterocycles. The number of imidazole rings is 1. The van der Waals surface area contributed by atoms with E-state index in [1.165, 1.54) is 10.9 Å². The lowest BCUT2D eigenvalue weighted by molar-refractivity contribution is 0.0960. The van der Waals surface area contributed by atoms with Crippen molar-refractivity contribution in [3.8, 4) is 0 Å². The molecule has 0 aliphatic carbocycles. The number of thiazole rings is 1. The lowest BCUT2D eigenvalue weighted by Crippen LogP contribution is -2.43. The standard InChI is InChI=1S/C21H19N7O2S/c29-19(25-15-11-23-6-5-17(15)27-9-7-22-8-10-27)20-26-16(12-31-20)21(30)28-13-24-14-3-1-2-4-18(14)28/h1-6,11-13,22H,7-10H2,(H,25,29). The van der Waals surface area contributed by atoms with Gasteiger partial charge >= 0.3 is 0 Å². The Morgan fingerprint density at radius 2 is 1.97 bits per heavy atom. The predicted molar refractivity (Wildman–Crippen MR) is 119 cm³/mol. The minimum absolute atomic E-state index is 0.201. The summed E-state index contributed by atoms with van der Waals surface area (Å²) in [5.41, 5.74) is 3.16. The summed E-state index contributed by atoms with van der Waals surface area (Å²) in [6.07, 6.45) is 4.82. The maximum absolute atomic E-state index is 12.9. The molecule has 10 heteroatoms. The molecule has 0 saturated carbocycles. The molecule has 1 aliphatic heterocycles. The molecule has 1 amide bonds. The molecule has 31 heavy (non-hydrogen) atoms. The number of anilines is 2. The molecule has 1 saturated heterocycles. The minimum Gasteiger partial charge on any atom is -0.367 e. The maximum Gasteiger partial charge on any atom is 0.284 e. The van der Waals surface area contributed by atoms with E-state index >= 15 is 0 Å². The average Bonchev–Trinajstić information content (AvgIpc) is 3.47. The second-order valence-corrected chi connectivity index (χ2v) is 7.89. The summed E-state index contributed by atoms with van der Waals surface area (Å²) < 4.78 is 1.44. The van der Waals surface area contributed by atoms with E-state index in [-0.39, 0.29) is 22.5 Å². The summed E-state index contributed by atoms with van der Waals surface area (Å²) in [6, 6.07) is 9.26. The van der Waals surface area contributed by atoms with E-state index in [0.717, 1.165) is 48.7 Å².